The first-order valence-electron chi connectivity index (χ1n) is 4.04. The lowest BCUT2D eigenvalue weighted by molar-refractivity contribution is 0.250. The van der Waals surface area contributed by atoms with Gasteiger partial charge in [0.05, 0.1) is 0 Å². The molecule has 0 saturated heterocycles. The smallest absolute Gasteiger partial charge is 0.336 e. The Kier molecular flexibility index (Phi) is 1.79. The Balaban J connectivity index is 2.52. The molecule has 1 aliphatic carbocycles. The van der Waals surface area contributed by atoms with Crippen LogP contribution in [0.15, 0.2) is 26.5 Å². The number of halogens is 1. The molecule has 0 atom stereocenters. The van der Waals surface area contributed by atoms with Gasteiger partial charge in [-0.2, -0.15) is 0 Å². The summed E-state index contributed by atoms with van der Waals surface area (Å²) in [6.45, 7) is 0. The van der Waals surface area contributed by atoms with Gasteiger partial charge in [0.15, 0.2) is 5.67 Å². The lowest BCUT2D eigenvalue weighted by Crippen LogP contribution is -2.04. The molecule has 1 aliphatic rings. The quantitative estimate of drug-likeness (QED) is 0.413. The molecule has 0 aromatic carbocycles. The molecule has 0 bridgehead atoms. The molecular weight excluding hydrogens is 189 g/mol. The number of alkyl halides is 1. The summed E-state index contributed by atoms with van der Waals surface area (Å²) in [5.74, 6) is -0.0487. The molecule has 1 saturated carbocycles. The highest BCUT2D eigenvalue weighted by atomic mass is 19.1. The van der Waals surface area contributed by atoms with E-state index in [9.17, 15) is 9.18 Å². The summed E-state index contributed by atoms with van der Waals surface area (Å²) in [6, 6.07) is 2.28. The normalized spacial score (nSPS) is 17.2. The van der Waals surface area contributed by atoms with E-state index in [0.717, 1.165) is 6.07 Å². The fourth-order valence-corrected chi connectivity index (χ4v) is 1.15. The van der Waals surface area contributed by atoms with Gasteiger partial charge in [-0.15, -0.1) is 0 Å². The monoisotopic (exact) mass is 195 g/mol. The molecule has 1 aromatic heterocycles. The Hall–Kier alpha value is -1.81. The molecule has 5 nitrogen and oxygen atoms in total. The van der Waals surface area contributed by atoms with Crippen LogP contribution >= 0.6 is 0 Å². The average molecular weight is 195 g/mol. The molecule has 0 radical (unpaired) electrons. The third kappa shape index (κ3) is 1.47. The molecule has 0 N–H and O–H groups in total. The highest BCUT2D eigenvalue weighted by Gasteiger charge is 2.47. The van der Waals surface area contributed by atoms with Crippen LogP contribution in [0.5, 0.6) is 0 Å². The van der Waals surface area contributed by atoms with Gasteiger partial charge in [-0.05, 0) is 24.4 Å². The minimum absolute atomic E-state index is 0.0487. The lowest BCUT2D eigenvalue weighted by Gasteiger charge is -2.02. The Labute approximate surface area is 77.8 Å². The largest absolute Gasteiger partial charge is 0.424 e. The van der Waals surface area contributed by atoms with Gasteiger partial charge >= 0.3 is 5.63 Å². The number of hydrogen-bond donors (Lipinski definition) is 0. The van der Waals surface area contributed by atoms with Crippen molar-refractivity contribution in [2.45, 2.75) is 18.5 Å². The Morgan fingerprint density at radius 2 is 2.29 bits per heavy atom. The molecular formula is C8H6FN3O2. The van der Waals surface area contributed by atoms with Crippen molar-refractivity contribution in [3.05, 3.63) is 38.8 Å². The molecule has 1 fully saturated rings. The summed E-state index contributed by atoms with van der Waals surface area (Å²) >= 11 is 0. The second-order valence-electron chi connectivity index (χ2n) is 3.15. The van der Waals surface area contributed by atoms with E-state index in [0.29, 0.717) is 12.8 Å². The minimum Gasteiger partial charge on any atom is -0.424 e. The molecule has 14 heavy (non-hydrogen) atoms. The maximum absolute atomic E-state index is 13.5. The second-order valence-corrected chi connectivity index (χ2v) is 3.15. The van der Waals surface area contributed by atoms with E-state index in [-0.39, 0.29) is 11.4 Å². The number of nitrogens with zero attached hydrogens (tertiary/aromatic N) is 3. The number of hydrogen-bond acceptors (Lipinski definition) is 3. The third-order valence-corrected chi connectivity index (χ3v) is 2.05. The van der Waals surface area contributed by atoms with Crippen LogP contribution in [0.4, 0.5) is 10.1 Å². The van der Waals surface area contributed by atoms with Crippen LogP contribution in [0.25, 0.3) is 10.4 Å². The van der Waals surface area contributed by atoms with Crippen LogP contribution in [0.2, 0.25) is 0 Å². The Morgan fingerprint density at radius 3 is 2.86 bits per heavy atom. The average Bonchev–Trinajstić information content (AvgIpc) is 2.85. The Morgan fingerprint density at radius 1 is 1.57 bits per heavy atom. The predicted octanol–water partition coefficient (Wildman–Crippen LogP) is 2.54. The molecule has 1 heterocycles. The summed E-state index contributed by atoms with van der Waals surface area (Å²) in [4.78, 5) is 13.5. The summed E-state index contributed by atoms with van der Waals surface area (Å²) in [7, 11) is 0. The van der Waals surface area contributed by atoms with Crippen LogP contribution in [-0.4, -0.2) is 0 Å². The summed E-state index contributed by atoms with van der Waals surface area (Å²) < 4.78 is 18.1. The first-order valence-corrected chi connectivity index (χ1v) is 4.04. The Bertz CT molecular complexity index is 472. The van der Waals surface area contributed by atoms with Crippen molar-refractivity contribution in [1.82, 2.24) is 0 Å². The van der Waals surface area contributed by atoms with Crippen molar-refractivity contribution in [2.75, 3.05) is 0 Å². The second kappa shape index (κ2) is 2.85. The maximum atomic E-state index is 13.5. The zero-order chi connectivity index (χ0) is 10.2. The fourth-order valence-electron chi connectivity index (χ4n) is 1.15. The van der Waals surface area contributed by atoms with E-state index in [1.54, 1.807) is 0 Å². The van der Waals surface area contributed by atoms with Crippen molar-refractivity contribution in [2.24, 2.45) is 5.11 Å². The van der Waals surface area contributed by atoms with Crippen molar-refractivity contribution in [3.8, 4) is 0 Å². The van der Waals surface area contributed by atoms with Crippen LogP contribution in [0, 0.1) is 0 Å². The maximum Gasteiger partial charge on any atom is 0.336 e. The van der Waals surface area contributed by atoms with Crippen LogP contribution in [0.3, 0.4) is 0 Å². The third-order valence-electron chi connectivity index (χ3n) is 2.05. The van der Waals surface area contributed by atoms with Crippen molar-refractivity contribution < 1.29 is 8.81 Å². The van der Waals surface area contributed by atoms with Crippen molar-refractivity contribution >= 4 is 5.69 Å². The standard InChI is InChI=1S/C8H6FN3O2/c9-8(1-2-8)6-3-5(11-12-10)4-7(13)14-6/h3-4H,1-2H2. The lowest BCUT2D eigenvalue weighted by atomic mass is 10.2. The van der Waals surface area contributed by atoms with Crippen molar-refractivity contribution in [1.29, 1.82) is 0 Å². The van der Waals surface area contributed by atoms with E-state index in [4.69, 9.17) is 5.53 Å². The van der Waals surface area contributed by atoms with Gasteiger partial charge in [-0.3, -0.25) is 0 Å². The minimum atomic E-state index is -1.53. The number of azide groups is 1. The van der Waals surface area contributed by atoms with Gasteiger partial charge in [-0.1, -0.05) is 5.11 Å². The molecule has 2 rings (SSSR count). The van der Waals surface area contributed by atoms with Gasteiger partial charge in [0.25, 0.3) is 0 Å². The summed E-state index contributed by atoms with van der Waals surface area (Å²) in [6.07, 6.45) is 0.686. The van der Waals surface area contributed by atoms with Crippen molar-refractivity contribution in [3.63, 3.8) is 0 Å². The van der Waals surface area contributed by atoms with E-state index >= 15 is 0 Å². The first-order chi connectivity index (χ1) is 6.64. The zero-order valence-corrected chi connectivity index (χ0v) is 7.11. The van der Waals surface area contributed by atoms with E-state index in [1.807, 2.05) is 0 Å². The van der Waals surface area contributed by atoms with Gasteiger partial charge in [0, 0.05) is 16.7 Å². The zero-order valence-electron chi connectivity index (χ0n) is 7.11. The number of rotatable bonds is 2. The highest BCUT2D eigenvalue weighted by Crippen LogP contribution is 2.49. The topological polar surface area (TPSA) is 79.0 Å². The van der Waals surface area contributed by atoms with Crippen LogP contribution in [0.1, 0.15) is 18.6 Å². The molecule has 6 heteroatoms. The SMILES string of the molecule is [N-]=[N+]=Nc1cc(C2(F)CC2)oc(=O)c1. The molecule has 0 spiro atoms. The van der Waals surface area contributed by atoms with Crippen LogP contribution in [-0.2, 0) is 5.67 Å². The van der Waals surface area contributed by atoms with Gasteiger partial charge < -0.3 is 4.42 Å². The molecule has 0 aliphatic heterocycles. The molecule has 0 unspecified atom stereocenters. The van der Waals surface area contributed by atoms with E-state index < -0.39 is 11.3 Å². The van der Waals surface area contributed by atoms with Gasteiger partial charge in [0.1, 0.15) is 5.76 Å². The summed E-state index contributed by atoms with van der Waals surface area (Å²) in [5, 5.41) is 3.22. The first kappa shape index (κ1) is 8.77. The molecule has 72 valence electrons. The van der Waals surface area contributed by atoms with E-state index in [2.05, 4.69) is 14.4 Å². The van der Waals surface area contributed by atoms with Gasteiger partial charge in [0.2, 0.25) is 0 Å². The van der Waals surface area contributed by atoms with E-state index in [1.165, 1.54) is 6.07 Å². The molecule has 0 amide bonds. The van der Waals surface area contributed by atoms with Crippen LogP contribution < -0.4 is 5.63 Å². The highest BCUT2D eigenvalue weighted by molar-refractivity contribution is 5.37. The summed E-state index contributed by atoms with van der Waals surface area (Å²) in [5.41, 5.74) is 6.01. The molecule has 1 aromatic rings. The fraction of sp³-hybridized carbons (Fsp3) is 0.375. The predicted molar refractivity (Wildman–Crippen MR) is 45.8 cm³/mol. The van der Waals surface area contributed by atoms with Gasteiger partial charge in [-0.25, -0.2) is 9.18 Å².